The lowest BCUT2D eigenvalue weighted by Gasteiger charge is -2.40. The van der Waals surface area contributed by atoms with Gasteiger partial charge in [0.25, 0.3) is 0 Å². The number of rotatable bonds is 5. The molecule has 1 unspecified atom stereocenters. The molecule has 1 aliphatic carbocycles. The molecular weight excluding hydrogens is 242 g/mol. The third-order valence-electron chi connectivity index (χ3n) is 3.81. The summed E-state index contributed by atoms with van der Waals surface area (Å²) in [5.74, 6) is 0. The van der Waals surface area contributed by atoms with Crippen molar-refractivity contribution in [3.8, 4) is 0 Å². The van der Waals surface area contributed by atoms with Gasteiger partial charge in [-0.2, -0.15) is 0 Å². The fourth-order valence-electron chi connectivity index (χ4n) is 2.80. The van der Waals surface area contributed by atoms with Crippen molar-refractivity contribution >= 4 is 11.8 Å². The smallest absolute Gasteiger partial charge is 0.0702 e. The Balaban J connectivity index is 2.14. The molecule has 1 atom stereocenters. The Morgan fingerprint density at radius 3 is 2.44 bits per heavy atom. The van der Waals surface area contributed by atoms with Gasteiger partial charge in [-0.3, -0.25) is 0 Å². The van der Waals surface area contributed by atoms with Crippen molar-refractivity contribution in [1.29, 1.82) is 0 Å². The Hall–Kier alpha value is -0.510. The molecule has 1 aromatic carbocycles. The van der Waals surface area contributed by atoms with E-state index >= 15 is 0 Å². The number of hydrogen-bond acceptors (Lipinski definition) is 3. The van der Waals surface area contributed by atoms with E-state index < -0.39 is 0 Å². The zero-order valence-electron chi connectivity index (χ0n) is 10.8. The summed E-state index contributed by atoms with van der Waals surface area (Å²) in [6.07, 6.45) is 6.38. The van der Waals surface area contributed by atoms with Crippen LogP contribution in [0.15, 0.2) is 35.2 Å². The van der Waals surface area contributed by atoms with Crippen LogP contribution in [0, 0.1) is 0 Å². The van der Waals surface area contributed by atoms with E-state index in [0.717, 1.165) is 12.8 Å². The fraction of sp³-hybridized carbons (Fsp3) is 0.600. The van der Waals surface area contributed by atoms with Crippen molar-refractivity contribution in [2.24, 2.45) is 5.73 Å². The van der Waals surface area contributed by atoms with Gasteiger partial charge in [0.05, 0.1) is 6.10 Å². The Morgan fingerprint density at radius 1 is 1.17 bits per heavy atom. The highest BCUT2D eigenvalue weighted by atomic mass is 32.2. The minimum atomic E-state index is -0.284. The van der Waals surface area contributed by atoms with Crippen molar-refractivity contribution < 1.29 is 5.11 Å². The lowest BCUT2D eigenvalue weighted by molar-refractivity contribution is 0.101. The van der Waals surface area contributed by atoms with E-state index in [-0.39, 0.29) is 10.9 Å². The molecule has 0 saturated heterocycles. The fourth-order valence-corrected chi connectivity index (χ4v) is 4.31. The normalized spacial score (nSPS) is 20.6. The summed E-state index contributed by atoms with van der Waals surface area (Å²) in [4.78, 5) is 1.26. The van der Waals surface area contributed by atoms with Crippen LogP contribution in [0.5, 0.6) is 0 Å². The van der Waals surface area contributed by atoms with Gasteiger partial charge >= 0.3 is 0 Å². The largest absolute Gasteiger partial charge is 0.392 e. The third kappa shape index (κ3) is 3.28. The van der Waals surface area contributed by atoms with Crippen LogP contribution >= 0.6 is 11.8 Å². The lowest BCUT2D eigenvalue weighted by Crippen LogP contribution is -2.42. The zero-order valence-corrected chi connectivity index (χ0v) is 11.7. The predicted octanol–water partition coefficient (Wildman–Crippen LogP) is 3.19. The molecule has 0 heterocycles. The topological polar surface area (TPSA) is 46.2 Å². The maximum Gasteiger partial charge on any atom is 0.0702 e. The van der Waals surface area contributed by atoms with Gasteiger partial charge in [0, 0.05) is 9.64 Å². The van der Waals surface area contributed by atoms with Gasteiger partial charge in [-0.05, 0) is 37.9 Å². The standard InChI is InChI=1S/C15H23NOS/c16-12-9-14(17)15(10-5-2-6-11-15)18-13-7-3-1-4-8-13/h1,3-4,7-8,14,17H,2,5-6,9-12,16H2. The predicted molar refractivity (Wildman–Crippen MR) is 77.8 cm³/mol. The summed E-state index contributed by atoms with van der Waals surface area (Å²) in [5, 5.41) is 10.5. The number of hydrogen-bond donors (Lipinski definition) is 2. The number of nitrogens with two attached hydrogens (primary N) is 1. The molecule has 1 aliphatic rings. The second-order valence-corrected chi connectivity index (χ2v) is 6.62. The van der Waals surface area contributed by atoms with E-state index in [1.54, 1.807) is 0 Å². The Kier molecular flexibility index (Phi) is 5.10. The molecule has 1 aromatic rings. The number of aliphatic hydroxyl groups excluding tert-OH is 1. The summed E-state index contributed by atoms with van der Waals surface area (Å²) < 4.78 is -0.0149. The first-order chi connectivity index (χ1) is 8.77. The molecule has 2 nitrogen and oxygen atoms in total. The second kappa shape index (κ2) is 6.60. The van der Waals surface area contributed by atoms with Crippen LogP contribution in [0.25, 0.3) is 0 Å². The van der Waals surface area contributed by atoms with Gasteiger partial charge < -0.3 is 10.8 Å². The highest BCUT2D eigenvalue weighted by molar-refractivity contribution is 8.00. The van der Waals surface area contributed by atoms with Gasteiger partial charge in [-0.1, -0.05) is 37.5 Å². The Morgan fingerprint density at radius 2 is 1.83 bits per heavy atom. The van der Waals surface area contributed by atoms with Crippen LogP contribution in [0.1, 0.15) is 38.5 Å². The van der Waals surface area contributed by atoms with Crippen LogP contribution in [-0.2, 0) is 0 Å². The number of thioether (sulfide) groups is 1. The van der Waals surface area contributed by atoms with Crippen molar-refractivity contribution in [2.75, 3.05) is 6.54 Å². The minimum Gasteiger partial charge on any atom is -0.392 e. The van der Waals surface area contributed by atoms with E-state index in [2.05, 4.69) is 24.3 Å². The van der Waals surface area contributed by atoms with Gasteiger partial charge in [-0.15, -0.1) is 11.8 Å². The summed E-state index contributed by atoms with van der Waals surface area (Å²) in [6.45, 7) is 0.568. The van der Waals surface area contributed by atoms with Gasteiger partial charge in [0.15, 0.2) is 0 Å². The van der Waals surface area contributed by atoms with E-state index in [1.807, 2.05) is 17.8 Å². The van der Waals surface area contributed by atoms with Crippen LogP contribution in [0.3, 0.4) is 0 Å². The summed E-state index contributed by atoms with van der Waals surface area (Å²) in [6, 6.07) is 10.4. The van der Waals surface area contributed by atoms with Crippen LogP contribution in [0.2, 0.25) is 0 Å². The third-order valence-corrected chi connectivity index (χ3v) is 5.41. The zero-order chi connectivity index (χ0) is 12.8. The SMILES string of the molecule is NCCC(O)C1(Sc2ccccc2)CCCCC1. The van der Waals surface area contributed by atoms with Crippen molar-refractivity contribution in [1.82, 2.24) is 0 Å². The molecule has 0 radical (unpaired) electrons. The Bertz CT molecular complexity index is 349. The van der Waals surface area contributed by atoms with Crippen molar-refractivity contribution in [3.05, 3.63) is 30.3 Å². The highest BCUT2D eigenvalue weighted by Gasteiger charge is 2.39. The maximum atomic E-state index is 10.5. The average molecular weight is 265 g/mol. The van der Waals surface area contributed by atoms with Crippen LogP contribution in [-0.4, -0.2) is 22.5 Å². The molecule has 3 heteroatoms. The van der Waals surface area contributed by atoms with Crippen molar-refractivity contribution in [2.45, 2.75) is 54.3 Å². The molecule has 18 heavy (non-hydrogen) atoms. The maximum absolute atomic E-state index is 10.5. The van der Waals surface area contributed by atoms with Crippen LogP contribution in [0.4, 0.5) is 0 Å². The monoisotopic (exact) mass is 265 g/mol. The lowest BCUT2D eigenvalue weighted by atomic mass is 9.83. The van der Waals surface area contributed by atoms with E-state index in [1.165, 1.54) is 24.2 Å². The molecule has 1 saturated carbocycles. The van der Waals surface area contributed by atoms with Gasteiger partial charge in [0.1, 0.15) is 0 Å². The molecule has 0 aliphatic heterocycles. The van der Waals surface area contributed by atoms with Gasteiger partial charge in [0.2, 0.25) is 0 Å². The van der Waals surface area contributed by atoms with E-state index in [4.69, 9.17) is 5.73 Å². The number of aliphatic hydroxyl groups is 1. The quantitative estimate of drug-likeness (QED) is 0.859. The molecule has 0 amide bonds. The first-order valence-corrected chi connectivity index (χ1v) is 7.71. The van der Waals surface area contributed by atoms with E-state index in [9.17, 15) is 5.11 Å². The molecule has 100 valence electrons. The molecule has 3 N–H and O–H groups in total. The highest BCUT2D eigenvalue weighted by Crippen LogP contribution is 2.46. The van der Waals surface area contributed by atoms with Crippen molar-refractivity contribution in [3.63, 3.8) is 0 Å². The van der Waals surface area contributed by atoms with Crippen LogP contribution < -0.4 is 5.73 Å². The summed E-state index contributed by atoms with van der Waals surface area (Å²) in [7, 11) is 0. The summed E-state index contributed by atoms with van der Waals surface area (Å²) >= 11 is 1.85. The molecule has 0 spiro atoms. The summed E-state index contributed by atoms with van der Waals surface area (Å²) in [5.41, 5.74) is 5.62. The average Bonchev–Trinajstić information content (AvgIpc) is 2.41. The first-order valence-electron chi connectivity index (χ1n) is 6.89. The molecular formula is C15H23NOS. The molecule has 0 bridgehead atoms. The Labute approximate surface area is 114 Å². The first kappa shape index (κ1) is 13.9. The second-order valence-electron chi connectivity index (χ2n) is 5.13. The minimum absolute atomic E-state index is 0.0149. The number of benzene rings is 1. The van der Waals surface area contributed by atoms with E-state index in [0.29, 0.717) is 13.0 Å². The molecule has 1 fully saturated rings. The molecule has 2 rings (SSSR count). The molecule has 0 aromatic heterocycles. The van der Waals surface area contributed by atoms with Gasteiger partial charge in [-0.25, -0.2) is 0 Å².